The minimum Gasteiger partial charge on any atom is -0.378 e. The smallest absolute Gasteiger partial charge is 0.242 e. The van der Waals surface area contributed by atoms with Crippen molar-refractivity contribution < 1.29 is 14.3 Å². The molecule has 1 fully saturated rings. The lowest BCUT2D eigenvalue weighted by atomic mass is 10.1. The summed E-state index contributed by atoms with van der Waals surface area (Å²) in [6.07, 6.45) is 0.327. The number of nitrogens with zero attached hydrogens (tertiary/aromatic N) is 2. The lowest BCUT2D eigenvalue weighted by Crippen LogP contribution is -2.46. The number of ether oxygens (including phenoxy) is 1. The number of hydrogen-bond donors (Lipinski definition) is 0. The second-order valence-electron chi connectivity index (χ2n) is 5.41. The molecule has 0 aromatic heterocycles. The van der Waals surface area contributed by atoms with Crippen LogP contribution in [0, 0.1) is 6.92 Å². The first-order chi connectivity index (χ1) is 10.1. The van der Waals surface area contributed by atoms with E-state index in [9.17, 15) is 9.59 Å². The summed E-state index contributed by atoms with van der Waals surface area (Å²) in [5, 5.41) is 0. The summed E-state index contributed by atoms with van der Waals surface area (Å²) in [6.45, 7) is 4.51. The van der Waals surface area contributed by atoms with Crippen molar-refractivity contribution in [1.82, 2.24) is 9.80 Å². The largest absolute Gasteiger partial charge is 0.378 e. The first-order valence-corrected chi connectivity index (χ1v) is 7.21. The quantitative estimate of drug-likeness (QED) is 0.826. The molecule has 1 aliphatic rings. The van der Waals surface area contributed by atoms with Crippen molar-refractivity contribution in [3.05, 3.63) is 35.4 Å². The number of carbonyl (C=O) groups excluding carboxylic acids is 2. The maximum atomic E-state index is 12.1. The summed E-state index contributed by atoms with van der Waals surface area (Å²) in [5.74, 6) is -0.0569. The van der Waals surface area contributed by atoms with Gasteiger partial charge in [0.15, 0.2) is 0 Å². The van der Waals surface area contributed by atoms with E-state index in [1.807, 2.05) is 31.2 Å². The molecule has 0 N–H and O–H groups in total. The summed E-state index contributed by atoms with van der Waals surface area (Å²) < 4.78 is 5.22. The first kappa shape index (κ1) is 15.5. The lowest BCUT2D eigenvalue weighted by molar-refractivity contribution is -0.141. The zero-order chi connectivity index (χ0) is 15.2. The van der Waals surface area contributed by atoms with Gasteiger partial charge in [-0.15, -0.1) is 0 Å². The Morgan fingerprint density at radius 1 is 1.19 bits per heavy atom. The number of amides is 2. The van der Waals surface area contributed by atoms with E-state index >= 15 is 0 Å². The van der Waals surface area contributed by atoms with Crippen molar-refractivity contribution in [2.75, 3.05) is 39.9 Å². The molecule has 0 bridgehead atoms. The second-order valence-corrected chi connectivity index (χ2v) is 5.41. The van der Waals surface area contributed by atoms with Crippen molar-refractivity contribution in [2.45, 2.75) is 13.3 Å². The molecule has 0 spiro atoms. The standard InChI is InChI=1S/C16H22N2O3/c1-13-3-5-14(6-4-13)11-15(19)17(2)12-16(20)18-7-9-21-10-8-18/h3-6H,7-12H2,1-2H3. The first-order valence-electron chi connectivity index (χ1n) is 7.21. The molecule has 0 aliphatic carbocycles. The highest BCUT2D eigenvalue weighted by Crippen LogP contribution is 2.06. The highest BCUT2D eigenvalue weighted by molar-refractivity contribution is 5.85. The van der Waals surface area contributed by atoms with E-state index in [0.717, 1.165) is 5.56 Å². The molecule has 0 saturated carbocycles. The molecular weight excluding hydrogens is 268 g/mol. The monoisotopic (exact) mass is 290 g/mol. The summed E-state index contributed by atoms with van der Waals surface area (Å²) in [5.41, 5.74) is 2.14. The van der Waals surface area contributed by atoms with Gasteiger partial charge >= 0.3 is 0 Å². The van der Waals surface area contributed by atoms with E-state index < -0.39 is 0 Å². The summed E-state index contributed by atoms with van der Waals surface area (Å²) in [6, 6.07) is 7.87. The topological polar surface area (TPSA) is 49.9 Å². The molecule has 0 radical (unpaired) electrons. The number of rotatable bonds is 4. The van der Waals surface area contributed by atoms with Crippen molar-refractivity contribution >= 4 is 11.8 Å². The van der Waals surface area contributed by atoms with Gasteiger partial charge in [-0.2, -0.15) is 0 Å². The average molecular weight is 290 g/mol. The molecule has 1 saturated heterocycles. The predicted molar refractivity (Wildman–Crippen MR) is 79.9 cm³/mol. The minimum atomic E-state index is -0.0412. The molecule has 114 valence electrons. The number of likely N-dealkylation sites (N-methyl/N-ethyl adjacent to an activating group) is 1. The van der Waals surface area contributed by atoms with Crippen LogP contribution in [0.3, 0.4) is 0 Å². The van der Waals surface area contributed by atoms with Gasteiger partial charge < -0.3 is 14.5 Å². The summed E-state index contributed by atoms with van der Waals surface area (Å²) in [4.78, 5) is 27.5. The molecule has 1 aliphatic heterocycles. The Morgan fingerprint density at radius 3 is 2.43 bits per heavy atom. The van der Waals surface area contributed by atoms with Gasteiger partial charge in [-0.05, 0) is 12.5 Å². The van der Waals surface area contributed by atoms with Crippen LogP contribution in [-0.2, 0) is 20.7 Å². The molecule has 1 aromatic rings. The zero-order valence-electron chi connectivity index (χ0n) is 12.7. The van der Waals surface area contributed by atoms with Crippen LogP contribution in [0.5, 0.6) is 0 Å². The van der Waals surface area contributed by atoms with Crippen LogP contribution >= 0.6 is 0 Å². The van der Waals surface area contributed by atoms with Gasteiger partial charge in [-0.25, -0.2) is 0 Å². The zero-order valence-corrected chi connectivity index (χ0v) is 12.7. The van der Waals surface area contributed by atoms with E-state index in [0.29, 0.717) is 32.7 Å². The van der Waals surface area contributed by atoms with E-state index in [4.69, 9.17) is 4.74 Å². The fourth-order valence-electron chi connectivity index (χ4n) is 2.22. The maximum Gasteiger partial charge on any atom is 0.242 e. The Kier molecular flexibility index (Phi) is 5.33. The Bertz CT molecular complexity index is 493. The third kappa shape index (κ3) is 4.56. The van der Waals surface area contributed by atoms with Gasteiger partial charge in [0.25, 0.3) is 0 Å². The van der Waals surface area contributed by atoms with Crippen LogP contribution in [0.4, 0.5) is 0 Å². The third-order valence-electron chi connectivity index (χ3n) is 3.64. The van der Waals surface area contributed by atoms with Gasteiger partial charge in [-0.1, -0.05) is 29.8 Å². The van der Waals surface area contributed by atoms with Gasteiger partial charge in [0, 0.05) is 20.1 Å². The van der Waals surface area contributed by atoms with Crippen molar-refractivity contribution in [1.29, 1.82) is 0 Å². The molecule has 5 heteroatoms. The van der Waals surface area contributed by atoms with Crippen LogP contribution in [0.25, 0.3) is 0 Å². The van der Waals surface area contributed by atoms with Crippen LogP contribution in [0.1, 0.15) is 11.1 Å². The number of carbonyl (C=O) groups is 2. The Balaban J connectivity index is 1.84. The number of hydrogen-bond acceptors (Lipinski definition) is 3. The average Bonchev–Trinajstić information content (AvgIpc) is 2.50. The summed E-state index contributed by atoms with van der Waals surface area (Å²) >= 11 is 0. The highest BCUT2D eigenvalue weighted by Gasteiger charge is 2.20. The molecule has 5 nitrogen and oxygen atoms in total. The van der Waals surface area contributed by atoms with E-state index in [-0.39, 0.29) is 18.4 Å². The van der Waals surface area contributed by atoms with E-state index in [2.05, 4.69) is 0 Å². The maximum absolute atomic E-state index is 12.1. The molecule has 0 atom stereocenters. The SMILES string of the molecule is Cc1ccc(CC(=O)N(C)CC(=O)N2CCOCC2)cc1. The van der Waals surface area contributed by atoms with Crippen LogP contribution < -0.4 is 0 Å². The number of aryl methyl sites for hydroxylation is 1. The van der Waals surface area contributed by atoms with Gasteiger partial charge in [-0.3, -0.25) is 9.59 Å². The fraction of sp³-hybridized carbons (Fsp3) is 0.500. The number of benzene rings is 1. The van der Waals surface area contributed by atoms with Crippen molar-refractivity contribution in [3.8, 4) is 0 Å². The predicted octanol–water partition coefficient (Wildman–Crippen LogP) is 0.855. The molecular formula is C16H22N2O3. The molecule has 1 aromatic carbocycles. The molecule has 0 unspecified atom stereocenters. The second kappa shape index (κ2) is 7.22. The summed E-state index contributed by atoms with van der Waals surface area (Å²) in [7, 11) is 1.68. The minimum absolute atomic E-state index is 0.0157. The van der Waals surface area contributed by atoms with E-state index in [1.165, 1.54) is 10.5 Å². The van der Waals surface area contributed by atoms with Crippen LogP contribution in [-0.4, -0.2) is 61.5 Å². The number of morpholine rings is 1. The molecule has 1 heterocycles. The molecule has 21 heavy (non-hydrogen) atoms. The van der Waals surface area contributed by atoms with Gasteiger partial charge in [0.2, 0.25) is 11.8 Å². The highest BCUT2D eigenvalue weighted by atomic mass is 16.5. The van der Waals surface area contributed by atoms with Gasteiger partial charge in [0.1, 0.15) is 0 Å². The Labute approximate surface area is 125 Å². The molecule has 2 rings (SSSR count). The van der Waals surface area contributed by atoms with Crippen molar-refractivity contribution in [2.24, 2.45) is 0 Å². The van der Waals surface area contributed by atoms with E-state index in [1.54, 1.807) is 11.9 Å². The van der Waals surface area contributed by atoms with Crippen LogP contribution in [0.15, 0.2) is 24.3 Å². The molecule has 2 amide bonds. The van der Waals surface area contributed by atoms with Crippen molar-refractivity contribution in [3.63, 3.8) is 0 Å². The third-order valence-corrected chi connectivity index (χ3v) is 3.64. The Morgan fingerprint density at radius 2 is 1.81 bits per heavy atom. The Hall–Kier alpha value is -1.88. The van der Waals surface area contributed by atoms with Crippen LogP contribution in [0.2, 0.25) is 0 Å². The fourth-order valence-corrected chi connectivity index (χ4v) is 2.22. The van der Waals surface area contributed by atoms with Gasteiger partial charge in [0.05, 0.1) is 26.2 Å². The normalized spacial score (nSPS) is 14.9. The lowest BCUT2D eigenvalue weighted by Gasteiger charge is -2.28.